The van der Waals surface area contributed by atoms with E-state index in [0.717, 1.165) is 18.2 Å². The van der Waals surface area contributed by atoms with E-state index in [9.17, 15) is 22.8 Å². The molecule has 1 atom stereocenters. The first-order chi connectivity index (χ1) is 13.8. The molecule has 0 saturated heterocycles. The molecule has 154 valence electrons. The lowest BCUT2D eigenvalue weighted by Crippen LogP contribution is -2.23. The molecular weight excluding hydrogens is 389 g/mol. The van der Waals surface area contributed by atoms with E-state index in [1.54, 1.807) is 6.92 Å². The second-order valence-electron chi connectivity index (χ2n) is 5.80. The van der Waals surface area contributed by atoms with Gasteiger partial charge >= 0.3 is 12.6 Å². The number of carbonyl (C=O) groups excluding carboxylic acids is 2. The summed E-state index contributed by atoms with van der Waals surface area (Å²) in [4.78, 5) is 24.2. The number of hydrogen-bond acceptors (Lipinski definition) is 5. The first kappa shape index (κ1) is 22.0. The molecular formula is C21H19F3O5. The van der Waals surface area contributed by atoms with E-state index in [1.807, 2.05) is 0 Å². The number of ether oxygens (including phenoxy) is 3. The van der Waals surface area contributed by atoms with Gasteiger partial charge in [-0.3, -0.25) is 4.79 Å². The van der Waals surface area contributed by atoms with Crippen LogP contribution in [0.3, 0.4) is 0 Å². The highest BCUT2D eigenvalue weighted by Gasteiger charge is 2.18. The van der Waals surface area contributed by atoms with Crippen molar-refractivity contribution < 1.29 is 37.0 Å². The average molecular weight is 408 g/mol. The zero-order chi connectivity index (χ0) is 21.4. The topological polar surface area (TPSA) is 61.8 Å². The van der Waals surface area contributed by atoms with E-state index in [-0.39, 0.29) is 23.7 Å². The van der Waals surface area contributed by atoms with Gasteiger partial charge < -0.3 is 14.2 Å². The summed E-state index contributed by atoms with van der Waals surface area (Å²) < 4.78 is 52.5. The molecule has 0 heterocycles. The molecule has 2 aromatic carbocycles. The number of carbonyl (C=O) groups is 2. The van der Waals surface area contributed by atoms with Crippen molar-refractivity contribution in [2.75, 3.05) is 6.61 Å². The predicted molar refractivity (Wildman–Crippen MR) is 99.6 cm³/mol. The summed E-state index contributed by atoms with van der Waals surface area (Å²) in [7, 11) is 0. The normalized spacial score (nSPS) is 12.1. The highest BCUT2D eigenvalue weighted by Crippen LogP contribution is 2.30. The number of hydrogen-bond donors (Lipinski definition) is 0. The highest BCUT2D eigenvalue weighted by atomic mass is 19.3. The van der Waals surface area contributed by atoms with Crippen molar-refractivity contribution >= 4 is 17.8 Å². The lowest BCUT2D eigenvalue weighted by Gasteiger charge is -2.12. The van der Waals surface area contributed by atoms with Crippen molar-refractivity contribution in [3.63, 3.8) is 0 Å². The highest BCUT2D eigenvalue weighted by molar-refractivity contribution is 6.01. The number of ketones is 1. The maximum atomic E-state index is 12.9. The number of benzene rings is 2. The van der Waals surface area contributed by atoms with Crippen LogP contribution in [0.1, 0.15) is 29.8 Å². The first-order valence-electron chi connectivity index (χ1n) is 8.70. The van der Waals surface area contributed by atoms with Crippen LogP contribution in [0.2, 0.25) is 0 Å². The molecule has 8 heteroatoms. The number of Topliss-reactive ketones (excluding diaryl/α,β-unsaturated/α-hetero) is 1. The second kappa shape index (κ2) is 10.3. The largest absolute Gasteiger partial charge is 0.490 e. The summed E-state index contributed by atoms with van der Waals surface area (Å²) in [5.41, 5.74) is 0.691. The average Bonchev–Trinajstić information content (AvgIpc) is 2.68. The maximum absolute atomic E-state index is 12.9. The zero-order valence-electron chi connectivity index (χ0n) is 15.7. The fourth-order valence-corrected chi connectivity index (χ4v) is 2.37. The standard InChI is InChI=1S/C21H19F3O5/c1-3-27-18-12-14(4-10-17(18)29-21(23)24)5-11-19(25)28-13(2)20(26)15-6-8-16(22)9-7-15/h4-13,21H,3H2,1-2H3/b11-5+/t13-/m1/s1. The van der Waals surface area contributed by atoms with Crippen LogP contribution in [0.15, 0.2) is 48.5 Å². The van der Waals surface area contributed by atoms with Gasteiger partial charge in [-0.15, -0.1) is 0 Å². The Bertz CT molecular complexity index is 878. The van der Waals surface area contributed by atoms with Crippen LogP contribution in [0.4, 0.5) is 13.2 Å². The van der Waals surface area contributed by atoms with Gasteiger partial charge in [0.15, 0.2) is 17.6 Å². The molecule has 0 aliphatic rings. The maximum Gasteiger partial charge on any atom is 0.387 e. The summed E-state index contributed by atoms with van der Waals surface area (Å²) >= 11 is 0. The van der Waals surface area contributed by atoms with Crippen molar-refractivity contribution in [2.45, 2.75) is 26.6 Å². The molecule has 0 amide bonds. The molecule has 0 bridgehead atoms. The molecule has 0 saturated carbocycles. The van der Waals surface area contributed by atoms with Gasteiger partial charge in [0, 0.05) is 11.6 Å². The summed E-state index contributed by atoms with van der Waals surface area (Å²) in [6, 6.07) is 9.06. The lowest BCUT2D eigenvalue weighted by atomic mass is 10.1. The molecule has 2 rings (SSSR count). The fraction of sp³-hybridized carbons (Fsp3) is 0.238. The van der Waals surface area contributed by atoms with Gasteiger partial charge in [-0.2, -0.15) is 8.78 Å². The molecule has 29 heavy (non-hydrogen) atoms. The van der Waals surface area contributed by atoms with Crippen LogP contribution in [-0.4, -0.2) is 31.1 Å². The summed E-state index contributed by atoms with van der Waals surface area (Å²) in [5, 5.41) is 0. The van der Waals surface area contributed by atoms with E-state index >= 15 is 0 Å². The van der Waals surface area contributed by atoms with Crippen LogP contribution in [0.25, 0.3) is 6.08 Å². The smallest absolute Gasteiger partial charge is 0.387 e. The van der Waals surface area contributed by atoms with E-state index in [1.165, 1.54) is 43.3 Å². The monoisotopic (exact) mass is 408 g/mol. The van der Waals surface area contributed by atoms with Gasteiger partial charge in [-0.1, -0.05) is 6.07 Å². The number of rotatable bonds is 9. The SMILES string of the molecule is CCOc1cc(/C=C/C(=O)O[C@H](C)C(=O)c2ccc(F)cc2)ccc1OC(F)F. The van der Waals surface area contributed by atoms with Crippen molar-refractivity contribution in [1.29, 1.82) is 0 Å². The molecule has 0 N–H and O–H groups in total. The van der Waals surface area contributed by atoms with Crippen LogP contribution >= 0.6 is 0 Å². The van der Waals surface area contributed by atoms with Crippen molar-refractivity contribution in [2.24, 2.45) is 0 Å². The molecule has 0 aromatic heterocycles. The van der Waals surface area contributed by atoms with Gasteiger partial charge in [0.2, 0.25) is 5.78 Å². The third kappa shape index (κ3) is 6.67. The van der Waals surface area contributed by atoms with Gasteiger partial charge in [0.1, 0.15) is 5.82 Å². The predicted octanol–water partition coefficient (Wildman–Crippen LogP) is 4.65. The van der Waals surface area contributed by atoms with Gasteiger partial charge in [-0.25, -0.2) is 9.18 Å². The Hall–Kier alpha value is -3.29. The third-order valence-electron chi connectivity index (χ3n) is 3.69. The van der Waals surface area contributed by atoms with Crippen LogP contribution in [0.5, 0.6) is 11.5 Å². The van der Waals surface area contributed by atoms with Gasteiger partial charge in [0.25, 0.3) is 0 Å². The van der Waals surface area contributed by atoms with Crippen LogP contribution in [-0.2, 0) is 9.53 Å². The molecule has 0 fully saturated rings. The van der Waals surface area contributed by atoms with E-state index < -0.39 is 30.3 Å². The summed E-state index contributed by atoms with van der Waals surface area (Å²) in [6.07, 6.45) is 1.40. The van der Waals surface area contributed by atoms with Gasteiger partial charge in [0.05, 0.1) is 6.61 Å². The molecule has 0 spiro atoms. The summed E-state index contributed by atoms with van der Waals surface area (Å²) in [5.74, 6) is -1.76. The third-order valence-corrected chi connectivity index (χ3v) is 3.69. The number of esters is 1. The minimum absolute atomic E-state index is 0.100. The lowest BCUT2D eigenvalue weighted by molar-refractivity contribution is -0.140. The number of halogens is 3. The van der Waals surface area contributed by atoms with Crippen LogP contribution in [0, 0.1) is 5.82 Å². The zero-order valence-corrected chi connectivity index (χ0v) is 15.7. The molecule has 0 aliphatic carbocycles. The van der Waals surface area contributed by atoms with E-state index in [4.69, 9.17) is 9.47 Å². The Kier molecular flexibility index (Phi) is 7.82. The minimum Gasteiger partial charge on any atom is -0.490 e. The van der Waals surface area contributed by atoms with Crippen molar-refractivity contribution in [3.8, 4) is 11.5 Å². The van der Waals surface area contributed by atoms with Crippen molar-refractivity contribution in [1.82, 2.24) is 0 Å². The fourth-order valence-electron chi connectivity index (χ4n) is 2.37. The minimum atomic E-state index is -2.99. The Morgan fingerprint density at radius 1 is 1.07 bits per heavy atom. The van der Waals surface area contributed by atoms with E-state index in [0.29, 0.717) is 5.56 Å². The first-order valence-corrected chi connectivity index (χ1v) is 8.70. The van der Waals surface area contributed by atoms with E-state index in [2.05, 4.69) is 4.74 Å². The summed E-state index contributed by atoms with van der Waals surface area (Å²) in [6.45, 7) is 0.329. The van der Waals surface area contributed by atoms with Gasteiger partial charge in [-0.05, 0) is 61.9 Å². The Labute approximate surface area is 165 Å². The Morgan fingerprint density at radius 3 is 2.38 bits per heavy atom. The quantitative estimate of drug-likeness (QED) is 0.343. The molecule has 0 radical (unpaired) electrons. The molecule has 0 unspecified atom stereocenters. The van der Waals surface area contributed by atoms with Crippen molar-refractivity contribution in [3.05, 3.63) is 65.5 Å². The Morgan fingerprint density at radius 2 is 1.76 bits per heavy atom. The number of alkyl halides is 2. The Balaban J connectivity index is 2.03. The van der Waals surface area contributed by atoms with Crippen LogP contribution < -0.4 is 9.47 Å². The molecule has 5 nitrogen and oxygen atoms in total. The molecule has 2 aromatic rings. The second-order valence-corrected chi connectivity index (χ2v) is 5.80. The molecule has 0 aliphatic heterocycles.